The number of anilines is 6. The molecule has 0 amide bonds. The zero-order chi connectivity index (χ0) is 29.1. The van der Waals surface area contributed by atoms with E-state index in [1.807, 2.05) is 109 Å². The summed E-state index contributed by atoms with van der Waals surface area (Å²) in [7, 11) is 0. The molecule has 0 radical (unpaired) electrons. The van der Waals surface area contributed by atoms with Gasteiger partial charge < -0.3 is 9.80 Å². The summed E-state index contributed by atoms with van der Waals surface area (Å²) in [5.41, 5.74) is 4.66. The Labute approximate surface area is 241 Å². The van der Waals surface area contributed by atoms with Crippen LogP contribution in [0.1, 0.15) is 0 Å². The van der Waals surface area contributed by atoms with Crippen LogP contribution in [0.15, 0.2) is 146 Å². The van der Waals surface area contributed by atoms with Gasteiger partial charge in [-0.2, -0.15) is 0 Å². The number of halogens is 4. The Kier molecular flexibility index (Phi) is 7.43. The third-order valence-electron chi connectivity index (χ3n) is 6.91. The van der Waals surface area contributed by atoms with Gasteiger partial charge in [0.15, 0.2) is 0 Å². The average Bonchev–Trinajstić information content (AvgIpc) is 3.03. The Bertz CT molecular complexity index is 1670. The molecule has 6 aromatic carbocycles. The monoisotopic (exact) mass is 560 g/mol. The average molecular weight is 561 g/mol. The SMILES string of the molecule is Fc1ccc(F)c(N(c2ccccc2)c2ccc(-c3ccc(N(c4ccccc4)c4cc(F)ccc4F)cc3)cc2)c1. The molecule has 0 bridgehead atoms. The number of rotatable bonds is 7. The smallest absolute Gasteiger partial charge is 0.147 e. The maximum atomic E-state index is 14.9. The number of nitrogens with zero attached hydrogens (tertiary/aromatic N) is 2. The highest BCUT2D eigenvalue weighted by molar-refractivity contribution is 5.81. The van der Waals surface area contributed by atoms with Crippen LogP contribution in [-0.2, 0) is 0 Å². The minimum atomic E-state index is -0.544. The molecule has 0 heterocycles. The molecule has 6 aromatic rings. The highest BCUT2D eigenvalue weighted by Gasteiger charge is 2.19. The van der Waals surface area contributed by atoms with Crippen molar-refractivity contribution in [1.82, 2.24) is 0 Å². The summed E-state index contributed by atoms with van der Waals surface area (Å²) in [5, 5.41) is 0. The lowest BCUT2D eigenvalue weighted by atomic mass is 10.0. The first-order valence-corrected chi connectivity index (χ1v) is 13.3. The Hall–Kier alpha value is -5.36. The van der Waals surface area contributed by atoms with Gasteiger partial charge in [-0.1, -0.05) is 60.7 Å². The molecule has 2 nitrogen and oxygen atoms in total. The van der Waals surface area contributed by atoms with Crippen LogP contribution in [0.2, 0.25) is 0 Å². The van der Waals surface area contributed by atoms with E-state index in [4.69, 9.17) is 0 Å². The van der Waals surface area contributed by atoms with Crippen LogP contribution in [-0.4, -0.2) is 0 Å². The summed E-state index contributed by atoms with van der Waals surface area (Å²) >= 11 is 0. The van der Waals surface area contributed by atoms with Gasteiger partial charge in [0.1, 0.15) is 23.3 Å². The van der Waals surface area contributed by atoms with Gasteiger partial charge in [-0.3, -0.25) is 0 Å². The molecular weight excluding hydrogens is 536 g/mol. The fourth-order valence-electron chi connectivity index (χ4n) is 4.93. The molecule has 0 N–H and O–H groups in total. The van der Waals surface area contributed by atoms with Crippen molar-refractivity contribution < 1.29 is 17.6 Å². The minimum absolute atomic E-state index is 0.101. The van der Waals surface area contributed by atoms with Crippen molar-refractivity contribution in [2.75, 3.05) is 9.80 Å². The van der Waals surface area contributed by atoms with Crippen molar-refractivity contribution in [3.05, 3.63) is 169 Å². The Morgan fingerprint density at radius 1 is 0.333 bits per heavy atom. The lowest BCUT2D eigenvalue weighted by Gasteiger charge is -2.26. The largest absolute Gasteiger partial charge is 0.308 e. The van der Waals surface area contributed by atoms with Crippen LogP contribution >= 0.6 is 0 Å². The quantitative estimate of drug-likeness (QED) is 0.179. The predicted molar refractivity (Wildman–Crippen MR) is 161 cm³/mol. The highest BCUT2D eigenvalue weighted by Crippen LogP contribution is 2.39. The van der Waals surface area contributed by atoms with Crippen molar-refractivity contribution in [3.8, 4) is 11.1 Å². The van der Waals surface area contributed by atoms with Crippen LogP contribution in [0.4, 0.5) is 51.7 Å². The highest BCUT2D eigenvalue weighted by atomic mass is 19.1. The van der Waals surface area contributed by atoms with Gasteiger partial charge in [-0.05, 0) is 83.9 Å². The van der Waals surface area contributed by atoms with E-state index < -0.39 is 23.3 Å². The lowest BCUT2D eigenvalue weighted by Crippen LogP contribution is -2.12. The standard InChI is InChI=1S/C36H24F4N2/c37-27-15-21-33(39)35(23-27)41(29-7-3-1-4-8-29)31-17-11-25(12-18-31)26-13-19-32(20-14-26)42(30-9-5-2-6-10-30)36-24-28(38)16-22-34(36)40/h1-24H. The van der Waals surface area contributed by atoms with Crippen LogP contribution in [0, 0.1) is 23.3 Å². The molecule has 0 atom stereocenters. The molecule has 6 rings (SSSR count). The first-order valence-electron chi connectivity index (χ1n) is 13.3. The van der Waals surface area contributed by atoms with E-state index in [1.165, 1.54) is 12.1 Å². The van der Waals surface area contributed by atoms with E-state index in [-0.39, 0.29) is 11.4 Å². The third kappa shape index (κ3) is 5.47. The molecule has 0 aliphatic carbocycles. The molecule has 0 unspecified atom stereocenters. The fourth-order valence-corrected chi connectivity index (χ4v) is 4.93. The topological polar surface area (TPSA) is 6.48 Å². The summed E-state index contributed by atoms with van der Waals surface area (Å²) < 4.78 is 58.0. The van der Waals surface area contributed by atoms with E-state index in [2.05, 4.69) is 0 Å². The zero-order valence-corrected chi connectivity index (χ0v) is 22.3. The van der Waals surface area contributed by atoms with Crippen LogP contribution in [0.3, 0.4) is 0 Å². The van der Waals surface area contributed by atoms with Crippen LogP contribution in [0.25, 0.3) is 11.1 Å². The molecule has 0 aliphatic rings. The molecule has 206 valence electrons. The summed E-state index contributed by atoms with van der Waals surface area (Å²) in [5.74, 6) is -2.16. The molecule has 0 fully saturated rings. The van der Waals surface area contributed by atoms with Crippen LogP contribution in [0.5, 0.6) is 0 Å². The second-order valence-corrected chi connectivity index (χ2v) is 9.63. The molecule has 6 heteroatoms. The van der Waals surface area contributed by atoms with E-state index in [1.54, 1.807) is 9.80 Å². The Morgan fingerprint density at radius 3 is 1.02 bits per heavy atom. The maximum Gasteiger partial charge on any atom is 0.147 e. The van der Waals surface area contributed by atoms with Crippen molar-refractivity contribution in [2.24, 2.45) is 0 Å². The fraction of sp³-hybridized carbons (Fsp3) is 0. The normalized spacial score (nSPS) is 10.9. The van der Waals surface area contributed by atoms with E-state index in [9.17, 15) is 17.6 Å². The molecular formula is C36H24F4N2. The number of hydrogen-bond donors (Lipinski definition) is 0. The number of hydrogen-bond acceptors (Lipinski definition) is 2. The molecule has 0 spiro atoms. The van der Waals surface area contributed by atoms with Gasteiger partial charge in [0.25, 0.3) is 0 Å². The first kappa shape index (κ1) is 26.8. The maximum absolute atomic E-state index is 14.9. The first-order chi connectivity index (χ1) is 20.5. The minimum Gasteiger partial charge on any atom is -0.308 e. The van der Waals surface area contributed by atoms with Crippen molar-refractivity contribution >= 4 is 34.1 Å². The second kappa shape index (κ2) is 11.6. The van der Waals surface area contributed by atoms with E-state index >= 15 is 0 Å². The summed E-state index contributed by atoms with van der Waals surface area (Å²) in [6.07, 6.45) is 0. The molecule has 0 saturated heterocycles. The van der Waals surface area contributed by atoms with Gasteiger partial charge in [-0.25, -0.2) is 17.6 Å². The van der Waals surface area contributed by atoms with E-state index in [0.29, 0.717) is 22.7 Å². The lowest BCUT2D eigenvalue weighted by molar-refractivity contribution is 0.601. The van der Waals surface area contributed by atoms with Crippen molar-refractivity contribution in [3.63, 3.8) is 0 Å². The summed E-state index contributed by atoms with van der Waals surface area (Å²) in [6.45, 7) is 0. The Balaban J connectivity index is 1.35. The molecule has 0 aliphatic heterocycles. The summed E-state index contributed by atoms with van der Waals surface area (Å²) in [4.78, 5) is 3.33. The molecule has 42 heavy (non-hydrogen) atoms. The van der Waals surface area contributed by atoms with Gasteiger partial charge in [0.05, 0.1) is 11.4 Å². The van der Waals surface area contributed by atoms with Crippen LogP contribution < -0.4 is 9.80 Å². The van der Waals surface area contributed by atoms with Gasteiger partial charge in [0.2, 0.25) is 0 Å². The summed E-state index contributed by atoms with van der Waals surface area (Å²) in [6, 6.07) is 40.1. The van der Waals surface area contributed by atoms with E-state index in [0.717, 1.165) is 35.4 Å². The van der Waals surface area contributed by atoms with Gasteiger partial charge >= 0.3 is 0 Å². The van der Waals surface area contributed by atoms with Gasteiger partial charge in [0, 0.05) is 34.9 Å². The van der Waals surface area contributed by atoms with Crippen molar-refractivity contribution in [1.29, 1.82) is 0 Å². The Morgan fingerprint density at radius 2 is 0.667 bits per heavy atom. The van der Waals surface area contributed by atoms with Gasteiger partial charge in [-0.15, -0.1) is 0 Å². The number of benzene rings is 6. The molecule has 0 saturated carbocycles. The second-order valence-electron chi connectivity index (χ2n) is 9.63. The third-order valence-corrected chi connectivity index (χ3v) is 6.91. The van der Waals surface area contributed by atoms with Crippen molar-refractivity contribution in [2.45, 2.75) is 0 Å². The predicted octanol–water partition coefficient (Wildman–Crippen LogP) is 10.8. The molecule has 0 aromatic heterocycles. The zero-order valence-electron chi connectivity index (χ0n) is 22.3. The number of para-hydroxylation sites is 2.